The van der Waals surface area contributed by atoms with Crippen molar-refractivity contribution in [3.8, 4) is 5.75 Å². The predicted octanol–water partition coefficient (Wildman–Crippen LogP) is 4.05. The molecule has 2 aromatic carbocycles. The number of anilines is 3. The van der Waals surface area contributed by atoms with Crippen molar-refractivity contribution in [2.45, 2.75) is 18.8 Å². The lowest BCUT2D eigenvalue weighted by Crippen LogP contribution is -2.47. The van der Waals surface area contributed by atoms with Crippen LogP contribution in [-0.2, 0) is 0 Å². The molecule has 1 saturated heterocycles. The summed E-state index contributed by atoms with van der Waals surface area (Å²) >= 11 is 0. The second kappa shape index (κ2) is 7.87. The van der Waals surface area contributed by atoms with Gasteiger partial charge >= 0.3 is 0 Å². The molecule has 0 spiro atoms. The summed E-state index contributed by atoms with van der Waals surface area (Å²) in [6.07, 6.45) is 2.27. The summed E-state index contributed by atoms with van der Waals surface area (Å²) in [7, 11) is 5.41. The maximum absolute atomic E-state index is 14.8. The number of hydrogen-bond donors (Lipinski definition) is 0. The molecular weight excluding hydrogens is 393 g/mol. The number of rotatable bonds is 5. The molecule has 0 unspecified atom stereocenters. The second-order valence-electron chi connectivity index (χ2n) is 8.54. The van der Waals surface area contributed by atoms with Crippen molar-refractivity contribution in [3.05, 3.63) is 48.0 Å². The summed E-state index contributed by atoms with van der Waals surface area (Å²) in [5, 5.41) is 0.790. The van der Waals surface area contributed by atoms with Crippen LogP contribution in [0.2, 0.25) is 0 Å². The Labute approximate surface area is 182 Å². The average Bonchev–Trinajstić information content (AvgIpc) is 3.63. The summed E-state index contributed by atoms with van der Waals surface area (Å²) in [6, 6.07) is 11.6. The van der Waals surface area contributed by atoms with Gasteiger partial charge in [0.05, 0.1) is 24.0 Å². The fourth-order valence-electron chi connectivity index (χ4n) is 4.30. The molecule has 0 atom stereocenters. The van der Waals surface area contributed by atoms with Crippen LogP contribution in [0, 0.1) is 5.82 Å². The minimum Gasteiger partial charge on any atom is -0.495 e. The lowest BCUT2D eigenvalue weighted by Gasteiger charge is -2.37. The standard InChI is InChI=1S/C24H28FN5O/c1-28(2)21-15-19-17(14-18(21)25)24(27-23(26-19)16-8-9-16)30-12-10-29(11-13-30)20-6-4-5-7-22(20)31-3/h4-7,14-16H,8-13H2,1-3H3. The van der Waals surface area contributed by atoms with E-state index in [9.17, 15) is 4.39 Å². The van der Waals surface area contributed by atoms with E-state index in [-0.39, 0.29) is 5.82 Å². The Morgan fingerprint density at radius 1 is 1.00 bits per heavy atom. The molecule has 31 heavy (non-hydrogen) atoms. The quantitative estimate of drug-likeness (QED) is 0.619. The van der Waals surface area contributed by atoms with Gasteiger partial charge in [-0.1, -0.05) is 12.1 Å². The van der Waals surface area contributed by atoms with Gasteiger partial charge in [0.25, 0.3) is 0 Å². The predicted molar refractivity (Wildman–Crippen MR) is 123 cm³/mol. The number of benzene rings is 2. The van der Waals surface area contributed by atoms with Crippen molar-refractivity contribution >= 4 is 28.1 Å². The number of aromatic nitrogens is 2. The van der Waals surface area contributed by atoms with E-state index in [1.54, 1.807) is 18.1 Å². The number of nitrogens with zero attached hydrogens (tertiary/aromatic N) is 5. The molecule has 2 fully saturated rings. The number of piperazine rings is 1. The highest BCUT2D eigenvalue weighted by Gasteiger charge is 2.30. The largest absolute Gasteiger partial charge is 0.495 e. The van der Waals surface area contributed by atoms with Crippen LogP contribution >= 0.6 is 0 Å². The molecule has 7 heteroatoms. The molecular formula is C24H28FN5O. The third kappa shape index (κ3) is 3.73. The number of fused-ring (bicyclic) bond motifs is 1. The van der Waals surface area contributed by atoms with Crippen molar-refractivity contribution in [1.29, 1.82) is 0 Å². The maximum Gasteiger partial charge on any atom is 0.147 e. The van der Waals surface area contributed by atoms with E-state index in [1.807, 2.05) is 38.4 Å². The third-order valence-electron chi connectivity index (χ3n) is 6.19. The minimum atomic E-state index is -0.242. The van der Waals surface area contributed by atoms with E-state index in [2.05, 4.69) is 15.9 Å². The van der Waals surface area contributed by atoms with Crippen molar-refractivity contribution in [3.63, 3.8) is 0 Å². The highest BCUT2D eigenvalue weighted by atomic mass is 19.1. The maximum atomic E-state index is 14.8. The summed E-state index contributed by atoms with van der Waals surface area (Å²) in [5.74, 6) is 2.83. The molecule has 0 amide bonds. The van der Waals surface area contributed by atoms with E-state index >= 15 is 0 Å². The Morgan fingerprint density at radius 3 is 2.39 bits per heavy atom. The fourth-order valence-corrected chi connectivity index (χ4v) is 4.30. The molecule has 1 aliphatic carbocycles. The lowest BCUT2D eigenvalue weighted by molar-refractivity contribution is 0.413. The lowest BCUT2D eigenvalue weighted by atomic mass is 10.1. The van der Waals surface area contributed by atoms with Crippen LogP contribution in [-0.4, -0.2) is 57.4 Å². The van der Waals surface area contributed by atoms with Crippen LogP contribution in [0.3, 0.4) is 0 Å². The van der Waals surface area contributed by atoms with E-state index in [0.717, 1.165) is 73.0 Å². The van der Waals surface area contributed by atoms with Gasteiger partial charge < -0.3 is 19.4 Å². The molecule has 162 valence electrons. The summed E-state index contributed by atoms with van der Waals surface area (Å²) in [4.78, 5) is 16.1. The molecule has 2 heterocycles. The Kier molecular flexibility index (Phi) is 5.04. The summed E-state index contributed by atoms with van der Waals surface area (Å²) < 4.78 is 20.4. The Hall–Kier alpha value is -3.09. The highest BCUT2D eigenvalue weighted by Crippen LogP contribution is 2.41. The second-order valence-corrected chi connectivity index (χ2v) is 8.54. The van der Waals surface area contributed by atoms with Gasteiger partial charge in [-0.2, -0.15) is 0 Å². The van der Waals surface area contributed by atoms with Gasteiger partial charge in [-0.25, -0.2) is 14.4 Å². The molecule has 0 radical (unpaired) electrons. The van der Waals surface area contributed by atoms with Gasteiger partial charge in [-0.05, 0) is 37.1 Å². The summed E-state index contributed by atoms with van der Waals surface area (Å²) in [5.41, 5.74) is 2.49. The molecule has 0 bridgehead atoms. The SMILES string of the molecule is COc1ccccc1N1CCN(c2nc(C3CC3)nc3cc(N(C)C)c(F)cc23)CC1. The van der Waals surface area contributed by atoms with Gasteiger partial charge in [-0.3, -0.25) is 0 Å². The van der Waals surface area contributed by atoms with Gasteiger partial charge in [0.1, 0.15) is 23.2 Å². The molecule has 5 rings (SSSR count). The average molecular weight is 422 g/mol. The van der Waals surface area contributed by atoms with E-state index in [4.69, 9.17) is 14.7 Å². The number of methoxy groups -OCH3 is 1. The first-order valence-corrected chi connectivity index (χ1v) is 10.9. The Balaban J connectivity index is 1.48. The van der Waals surface area contributed by atoms with Crippen LogP contribution < -0.4 is 19.4 Å². The van der Waals surface area contributed by atoms with Crippen LogP contribution in [0.4, 0.5) is 21.6 Å². The number of halogens is 1. The molecule has 6 nitrogen and oxygen atoms in total. The Bertz CT molecular complexity index is 1110. The van der Waals surface area contributed by atoms with Crippen molar-refractivity contribution in [2.24, 2.45) is 0 Å². The van der Waals surface area contributed by atoms with Gasteiger partial charge in [0.15, 0.2) is 0 Å². The number of para-hydroxylation sites is 2. The molecule has 1 aliphatic heterocycles. The van der Waals surface area contributed by atoms with E-state index < -0.39 is 0 Å². The van der Waals surface area contributed by atoms with Gasteiger partial charge in [0.2, 0.25) is 0 Å². The van der Waals surface area contributed by atoms with Crippen LogP contribution in [0.15, 0.2) is 36.4 Å². The zero-order valence-electron chi connectivity index (χ0n) is 18.3. The first kappa shape index (κ1) is 19.8. The molecule has 3 aromatic rings. The highest BCUT2D eigenvalue weighted by molar-refractivity contribution is 5.92. The number of hydrogen-bond acceptors (Lipinski definition) is 6. The molecule has 2 aliphatic rings. The van der Waals surface area contributed by atoms with E-state index in [0.29, 0.717) is 11.6 Å². The zero-order chi connectivity index (χ0) is 21.5. The van der Waals surface area contributed by atoms with Crippen molar-refractivity contribution in [2.75, 3.05) is 62.1 Å². The van der Waals surface area contributed by atoms with Gasteiger partial charge in [0, 0.05) is 51.6 Å². The third-order valence-corrected chi connectivity index (χ3v) is 6.19. The molecule has 1 saturated carbocycles. The first-order valence-electron chi connectivity index (χ1n) is 10.9. The summed E-state index contributed by atoms with van der Waals surface area (Å²) in [6.45, 7) is 3.32. The van der Waals surface area contributed by atoms with Crippen molar-refractivity contribution < 1.29 is 9.13 Å². The van der Waals surface area contributed by atoms with Crippen LogP contribution in [0.1, 0.15) is 24.6 Å². The van der Waals surface area contributed by atoms with Crippen LogP contribution in [0.25, 0.3) is 10.9 Å². The fraction of sp³-hybridized carbons (Fsp3) is 0.417. The first-order chi connectivity index (χ1) is 15.0. The topological polar surface area (TPSA) is 44.7 Å². The monoisotopic (exact) mass is 421 g/mol. The van der Waals surface area contributed by atoms with E-state index in [1.165, 1.54) is 0 Å². The molecule has 1 aromatic heterocycles. The van der Waals surface area contributed by atoms with Gasteiger partial charge in [-0.15, -0.1) is 0 Å². The number of ether oxygens (including phenoxy) is 1. The zero-order valence-corrected chi connectivity index (χ0v) is 18.3. The minimum absolute atomic E-state index is 0.242. The smallest absolute Gasteiger partial charge is 0.147 e. The van der Waals surface area contributed by atoms with Crippen molar-refractivity contribution in [1.82, 2.24) is 9.97 Å². The molecule has 0 N–H and O–H groups in total. The Morgan fingerprint density at radius 2 is 1.71 bits per heavy atom. The normalized spacial score (nSPS) is 16.6. The van der Waals surface area contributed by atoms with Crippen LogP contribution in [0.5, 0.6) is 5.75 Å².